The average Bonchev–Trinajstić information content (AvgIpc) is 2.14. The van der Waals surface area contributed by atoms with Crippen molar-refractivity contribution >= 4 is 0 Å². The molecular weight excluding hydrogens is 210 g/mol. The Morgan fingerprint density at radius 3 is 2.38 bits per heavy atom. The van der Waals surface area contributed by atoms with Gasteiger partial charge in [0.25, 0.3) is 6.43 Å². The fourth-order valence-corrected chi connectivity index (χ4v) is 1.53. The van der Waals surface area contributed by atoms with E-state index in [1.807, 2.05) is 0 Å². The normalized spacial score (nSPS) is 12.0. The number of hydrogen-bond donors (Lipinski definition) is 1. The summed E-state index contributed by atoms with van der Waals surface area (Å²) in [5.74, 6) is 0.692. The van der Waals surface area contributed by atoms with E-state index in [1.54, 1.807) is 11.9 Å². The minimum Gasteiger partial charge on any atom is -0.316 e. The van der Waals surface area contributed by atoms with Gasteiger partial charge in [0.2, 0.25) is 0 Å². The van der Waals surface area contributed by atoms with E-state index in [0.29, 0.717) is 5.92 Å². The van der Waals surface area contributed by atoms with Gasteiger partial charge in [-0.25, -0.2) is 8.78 Å². The van der Waals surface area contributed by atoms with E-state index in [4.69, 9.17) is 0 Å². The maximum absolute atomic E-state index is 12.0. The molecule has 4 heteroatoms. The molecule has 0 amide bonds. The SMILES string of the molecule is CC(C)CNCCCCCN(C)CC(F)F. The molecule has 2 nitrogen and oxygen atoms in total. The molecule has 0 saturated heterocycles. The molecule has 0 bridgehead atoms. The van der Waals surface area contributed by atoms with Gasteiger partial charge < -0.3 is 10.2 Å². The molecule has 0 rings (SSSR count). The predicted molar refractivity (Wildman–Crippen MR) is 65.1 cm³/mol. The lowest BCUT2D eigenvalue weighted by molar-refractivity contribution is 0.0996. The molecule has 0 aliphatic carbocycles. The van der Waals surface area contributed by atoms with Crippen LogP contribution in [0.25, 0.3) is 0 Å². The molecule has 0 fully saturated rings. The van der Waals surface area contributed by atoms with E-state index in [0.717, 1.165) is 38.9 Å². The van der Waals surface area contributed by atoms with Gasteiger partial charge in [-0.1, -0.05) is 20.3 Å². The summed E-state index contributed by atoms with van der Waals surface area (Å²) in [5.41, 5.74) is 0. The van der Waals surface area contributed by atoms with Crippen molar-refractivity contribution in [1.82, 2.24) is 10.2 Å². The zero-order chi connectivity index (χ0) is 12.4. The molecule has 0 spiro atoms. The molecular formula is C12H26F2N2. The highest BCUT2D eigenvalue weighted by molar-refractivity contribution is 4.55. The summed E-state index contributed by atoms with van der Waals surface area (Å²) in [6.07, 6.45) is 1.04. The van der Waals surface area contributed by atoms with Crippen molar-refractivity contribution in [2.75, 3.05) is 33.2 Å². The first-order chi connectivity index (χ1) is 7.52. The van der Waals surface area contributed by atoms with Gasteiger partial charge in [-0.3, -0.25) is 0 Å². The fourth-order valence-electron chi connectivity index (χ4n) is 1.53. The smallest absolute Gasteiger partial charge is 0.251 e. The molecule has 0 aromatic carbocycles. The summed E-state index contributed by atoms with van der Waals surface area (Å²) >= 11 is 0. The highest BCUT2D eigenvalue weighted by atomic mass is 19.3. The minimum absolute atomic E-state index is 0.106. The first-order valence-corrected chi connectivity index (χ1v) is 6.19. The third-order valence-electron chi connectivity index (χ3n) is 2.40. The van der Waals surface area contributed by atoms with Crippen molar-refractivity contribution in [2.24, 2.45) is 5.92 Å². The Kier molecular flexibility index (Phi) is 9.83. The molecule has 0 saturated carbocycles. The van der Waals surface area contributed by atoms with Crippen molar-refractivity contribution in [3.05, 3.63) is 0 Å². The molecule has 0 atom stereocenters. The average molecular weight is 236 g/mol. The zero-order valence-corrected chi connectivity index (χ0v) is 10.8. The van der Waals surface area contributed by atoms with Crippen molar-refractivity contribution in [3.63, 3.8) is 0 Å². The van der Waals surface area contributed by atoms with Crippen molar-refractivity contribution in [3.8, 4) is 0 Å². The molecule has 0 aliphatic heterocycles. The summed E-state index contributed by atoms with van der Waals surface area (Å²) in [7, 11) is 1.75. The largest absolute Gasteiger partial charge is 0.316 e. The monoisotopic (exact) mass is 236 g/mol. The first-order valence-electron chi connectivity index (χ1n) is 6.19. The Morgan fingerprint density at radius 1 is 1.12 bits per heavy atom. The number of rotatable bonds is 10. The van der Waals surface area contributed by atoms with Crippen LogP contribution in [0.2, 0.25) is 0 Å². The first kappa shape index (κ1) is 15.8. The van der Waals surface area contributed by atoms with Gasteiger partial charge in [-0.05, 0) is 45.4 Å². The van der Waals surface area contributed by atoms with Crippen LogP contribution < -0.4 is 5.32 Å². The summed E-state index contributed by atoms with van der Waals surface area (Å²) in [4.78, 5) is 1.70. The number of nitrogens with one attached hydrogen (secondary N) is 1. The van der Waals surface area contributed by atoms with Crippen LogP contribution in [0.15, 0.2) is 0 Å². The third-order valence-corrected chi connectivity index (χ3v) is 2.40. The molecule has 0 heterocycles. The molecule has 0 aromatic rings. The van der Waals surface area contributed by atoms with Crippen LogP contribution in [0, 0.1) is 5.92 Å². The van der Waals surface area contributed by atoms with Gasteiger partial charge in [0, 0.05) is 0 Å². The lowest BCUT2D eigenvalue weighted by atomic mass is 10.2. The maximum atomic E-state index is 12.0. The number of nitrogens with zero attached hydrogens (tertiary/aromatic N) is 1. The van der Waals surface area contributed by atoms with E-state index in [9.17, 15) is 8.78 Å². The summed E-state index contributed by atoms with van der Waals surface area (Å²) < 4.78 is 24.0. The molecule has 1 N–H and O–H groups in total. The zero-order valence-electron chi connectivity index (χ0n) is 10.8. The van der Waals surface area contributed by atoms with E-state index in [1.165, 1.54) is 0 Å². The number of alkyl halides is 2. The Morgan fingerprint density at radius 2 is 1.81 bits per heavy atom. The second-order valence-corrected chi connectivity index (χ2v) is 4.81. The Bertz CT molecular complexity index is 152. The van der Waals surface area contributed by atoms with E-state index >= 15 is 0 Å². The van der Waals surface area contributed by atoms with Crippen LogP contribution in [0.5, 0.6) is 0 Å². The highest BCUT2D eigenvalue weighted by Gasteiger charge is 2.06. The molecule has 0 unspecified atom stereocenters. The molecule has 0 aromatic heterocycles. The maximum Gasteiger partial charge on any atom is 0.251 e. The van der Waals surface area contributed by atoms with E-state index in [-0.39, 0.29) is 6.54 Å². The fraction of sp³-hybridized carbons (Fsp3) is 1.00. The Balaban J connectivity index is 3.14. The van der Waals surface area contributed by atoms with Gasteiger partial charge in [0.05, 0.1) is 6.54 Å². The third kappa shape index (κ3) is 11.9. The van der Waals surface area contributed by atoms with Gasteiger partial charge in [-0.15, -0.1) is 0 Å². The molecule has 16 heavy (non-hydrogen) atoms. The predicted octanol–water partition coefficient (Wildman–Crippen LogP) is 2.60. The Hall–Kier alpha value is -0.220. The van der Waals surface area contributed by atoms with Crippen molar-refractivity contribution in [2.45, 2.75) is 39.5 Å². The Labute approximate surface area is 98.4 Å². The van der Waals surface area contributed by atoms with Crippen LogP contribution in [0.4, 0.5) is 8.78 Å². The van der Waals surface area contributed by atoms with Gasteiger partial charge in [0.15, 0.2) is 0 Å². The van der Waals surface area contributed by atoms with Gasteiger partial charge >= 0.3 is 0 Å². The van der Waals surface area contributed by atoms with Gasteiger partial charge in [0.1, 0.15) is 0 Å². The lowest BCUT2D eigenvalue weighted by Crippen LogP contribution is -2.26. The van der Waals surface area contributed by atoms with Crippen LogP contribution in [-0.2, 0) is 0 Å². The van der Waals surface area contributed by atoms with E-state index < -0.39 is 6.43 Å². The molecule has 0 radical (unpaired) electrons. The second kappa shape index (κ2) is 9.97. The minimum atomic E-state index is -2.21. The topological polar surface area (TPSA) is 15.3 Å². The van der Waals surface area contributed by atoms with Crippen molar-refractivity contribution in [1.29, 1.82) is 0 Å². The van der Waals surface area contributed by atoms with Gasteiger partial charge in [-0.2, -0.15) is 0 Å². The summed E-state index contributed by atoms with van der Waals surface area (Å²) in [6, 6.07) is 0. The van der Waals surface area contributed by atoms with Crippen LogP contribution >= 0.6 is 0 Å². The number of unbranched alkanes of at least 4 members (excludes halogenated alkanes) is 2. The summed E-state index contributed by atoms with van der Waals surface area (Å²) in [6.45, 7) is 7.14. The van der Waals surface area contributed by atoms with E-state index in [2.05, 4.69) is 19.2 Å². The molecule has 98 valence electrons. The number of halogens is 2. The van der Waals surface area contributed by atoms with Crippen LogP contribution in [-0.4, -0.2) is 44.6 Å². The summed E-state index contributed by atoms with van der Waals surface area (Å²) in [5, 5.41) is 3.37. The quantitative estimate of drug-likeness (QED) is 0.587. The highest BCUT2D eigenvalue weighted by Crippen LogP contribution is 2.00. The van der Waals surface area contributed by atoms with Crippen molar-refractivity contribution < 1.29 is 8.78 Å². The lowest BCUT2D eigenvalue weighted by Gasteiger charge is -2.15. The second-order valence-electron chi connectivity index (χ2n) is 4.81. The van der Waals surface area contributed by atoms with Crippen LogP contribution in [0.1, 0.15) is 33.1 Å². The molecule has 0 aliphatic rings. The van der Waals surface area contributed by atoms with Crippen LogP contribution in [0.3, 0.4) is 0 Å². The number of hydrogen-bond acceptors (Lipinski definition) is 2. The standard InChI is InChI=1S/C12H26F2N2/c1-11(2)9-15-7-5-4-6-8-16(3)10-12(13)14/h11-12,15H,4-10H2,1-3H3.